The highest BCUT2D eigenvalue weighted by Crippen LogP contribution is 2.32. The molecule has 0 saturated carbocycles. The number of hydrogen-bond acceptors (Lipinski definition) is 4. The number of carbonyl (C=O) groups excluding carboxylic acids is 1. The van der Waals surface area contributed by atoms with Gasteiger partial charge in [-0.3, -0.25) is 4.79 Å². The summed E-state index contributed by atoms with van der Waals surface area (Å²) in [6.07, 6.45) is -3.07. The second-order valence-corrected chi connectivity index (χ2v) is 8.69. The number of nitrogens with one attached hydrogen (secondary N) is 1. The first-order valence-electron chi connectivity index (χ1n) is 10.0. The van der Waals surface area contributed by atoms with Crippen LogP contribution in [-0.2, 0) is 17.4 Å². The van der Waals surface area contributed by atoms with E-state index in [2.05, 4.69) is 22.1 Å². The summed E-state index contributed by atoms with van der Waals surface area (Å²) < 4.78 is 38.1. The Hall–Kier alpha value is -2.87. The number of carbonyl (C=O) groups is 1. The number of anilines is 2. The van der Waals surface area contributed by atoms with Crippen molar-refractivity contribution in [3.05, 3.63) is 65.2 Å². The number of nitrogens with zero attached hydrogens (tertiary/aromatic N) is 2. The molecule has 3 aromatic rings. The number of benzene rings is 2. The third-order valence-electron chi connectivity index (χ3n) is 5.29. The van der Waals surface area contributed by atoms with Gasteiger partial charge in [0.25, 0.3) is 0 Å². The van der Waals surface area contributed by atoms with Gasteiger partial charge in [-0.05, 0) is 48.7 Å². The molecular weight excluding hydrogens is 423 g/mol. The fraction of sp³-hybridized carbons (Fsp3) is 0.304. The van der Waals surface area contributed by atoms with Crippen LogP contribution >= 0.6 is 11.3 Å². The lowest BCUT2D eigenvalue weighted by molar-refractivity contribution is -0.137. The van der Waals surface area contributed by atoms with Crippen LogP contribution in [0.15, 0.2) is 53.9 Å². The fourth-order valence-corrected chi connectivity index (χ4v) is 4.44. The third kappa shape index (κ3) is 5.25. The lowest BCUT2D eigenvalue weighted by Crippen LogP contribution is -2.19. The zero-order chi connectivity index (χ0) is 22.0. The SMILES string of the molecule is CC1CCN(c2ccc(NC(=O)Cc3csc(-c4ccc(C(F)(F)F)cc4)n3)cc2)C1. The van der Waals surface area contributed by atoms with E-state index in [1.807, 2.05) is 24.3 Å². The Morgan fingerprint density at radius 3 is 2.48 bits per heavy atom. The highest BCUT2D eigenvalue weighted by molar-refractivity contribution is 7.13. The quantitative estimate of drug-likeness (QED) is 0.535. The van der Waals surface area contributed by atoms with Gasteiger partial charge in [-0.15, -0.1) is 11.3 Å². The number of alkyl halides is 3. The van der Waals surface area contributed by atoms with Crippen molar-refractivity contribution in [3.63, 3.8) is 0 Å². The molecule has 2 aromatic carbocycles. The van der Waals surface area contributed by atoms with Gasteiger partial charge in [-0.25, -0.2) is 4.98 Å². The smallest absolute Gasteiger partial charge is 0.371 e. The molecule has 1 N–H and O–H groups in total. The van der Waals surface area contributed by atoms with Crippen LogP contribution in [0.5, 0.6) is 0 Å². The molecule has 1 unspecified atom stereocenters. The Bertz CT molecular complexity index is 1050. The molecule has 1 aliphatic rings. The zero-order valence-corrected chi connectivity index (χ0v) is 17.8. The number of hydrogen-bond donors (Lipinski definition) is 1. The standard InChI is InChI=1S/C23H22F3N3OS/c1-15-10-11-29(13-15)20-8-6-18(7-9-20)27-21(30)12-19-14-31-22(28-19)16-2-4-17(5-3-16)23(24,25)26/h2-9,14-15H,10-13H2,1H3,(H,27,30). The monoisotopic (exact) mass is 445 g/mol. The summed E-state index contributed by atoms with van der Waals surface area (Å²) in [6.45, 7) is 4.35. The molecule has 1 saturated heterocycles. The first-order valence-corrected chi connectivity index (χ1v) is 10.9. The van der Waals surface area contributed by atoms with Crippen molar-refractivity contribution in [3.8, 4) is 10.6 Å². The molecule has 0 bridgehead atoms. The van der Waals surface area contributed by atoms with Crippen LogP contribution in [0.4, 0.5) is 24.5 Å². The highest BCUT2D eigenvalue weighted by atomic mass is 32.1. The average molecular weight is 446 g/mol. The summed E-state index contributed by atoms with van der Waals surface area (Å²) in [5.41, 5.74) is 2.36. The molecule has 1 aliphatic heterocycles. The van der Waals surface area contributed by atoms with Crippen LogP contribution in [0.2, 0.25) is 0 Å². The number of rotatable bonds is 5. The van der Waals surface area contributed by atoms with Crippen LogP contribution in [0.25, 0.3) is 10.6 Å². The fourth-order valence-electron chi connectivity index (χ4n) is 3.62. The maximum atomic E-state index is 12.7. The third-order valence-corrected chi connectivity index (χ3v) is 6.23. The van der Waals surface area contributed by atoms with Crippen molar-refractivity contribution in [1.29, 1.82) is 0 Å². The average Bonchev–Trinajstić information content (AvgIpc) is 3.37. The molecule has 0 aliphatic carbocycles. The molecule has 0 radical (unpaired) electrons. The summed E-state index contributed by atoms with van der Waals surface area (Å²) in [5, 5.41) is 5.21. The summed E-state index contributed by atoms with van der Waals surface area (Å²) in [5.74, 6) is 0.511. The van der Waals surface area contributed by atoms with Crippen LogP contribution in [-0.4, -0.2) is 24.0 Å². The summed E-state index contributed by atoms with van der Waals surface area (Å²) in [4.78, 5) is 19.1. The van der Waals surface area contributed by atoms with Gasteiger partial charge in [0, 0.05) is 35.4 Å². The minimum absolute atomic E-state index is 0.0997. The van der Waals surface area contributed by atoms with Crippen molar-refractivity contribution in [2.75, 3.05) is 23.3 Å². The van der Waals surface area contributed by atoms with E-state index in [0.717, 1.165) is 36.6 Å². The molecule has 4 rings (SSSR count). The van der Waals surface area contributed by atoms with E-state index in [-0.39, 0.29) is 12.3 Å². The molecule has 1 amide bonds. The van der Waals surface area contributed by atoms with Crippen molar-refractivity contribution in [1.82, 2.24) is 4.98 Å². The number of halogens is 3. The van der Waals surface area contributed by atoms with Gasteiger partial charge in [-0.1, -0.05) is 19.1 Å². The van der Waals surface area contributed by atoms with Crippen LogP contribution < -0.4 is 10.2 Å². The van der Waals surface area contributed by atoms with E-state index < -0.39 is 11.7 Å². The minimum Gasteiger partial charge on any atom is -0.371 e. The first kappa shape index (κ1) is 21.4. The lowest BCUT2D eigenvalue weighted by atomic mass is 10.1. The Labute approximate surface area is 182 Å². The van der Waals surface area contributed by atoms with Gasteiger partial charge in [0.2, 0.25) is 5.91 Å². The highest BCUT2D eigenvalue weighted by Gasteiger charge is 2.30. The molecule has 1 atom stereocenters. The zero-order valence-electron chi connectivity index (χ0n) is 16.9. The Morgan fingerprint density at radius 1 is 1.16 bits per heavy atom. The molecular formula is C23H22F3N3OS. The minimum atomic E-state index is -4.37. The Balaban J connectivity index is 1.35. The van der Waals surface area contributed by atoms with Gasteiger partial charge >= 0.3 is 6.18 Å². The molecule has 2 heterocycles. The van der Waals surface area contributed by atoms with Crippen LogP contribution in [0.1, 0.15) is 24.6 Å². The number of amides is 1. The van der Waals surface area contributed by atoms with Gasteiger partial charge in [0.05, 0.1) is 17.7 Å². The van der Waals surface area contributed by atoms with Crippen molar-refractivity contribution in [2.24, 2.45) is 5.92 Å². The summed E-state index contributed by atoms with van der Waals surface area (Å²) in [6, 6.07) is 12.7. The maximum absolute atomic E-state index is 12.7. The number of thiazole rings is 1. The lowest BCUT2D eigenvalue weighted by Gasteiger charge is -2.18. The van der Waals surface area contributed by atoms with E-state index in [4.69, 9.17) is 0 Å². The largest absolute Gasteiger partial charge is 0.416 e. The van der Waals surface area contributed by atoms with Gasteiger partial charge in [0.1, 0.15) is 5.01 Å². The molecule has 31 heavy (non-hydrogen) atoms. The maximum Gasteiger partial charge on any atom is 0.416 e. The Morgan fingerprint density at radius 2 is 1.87 bits per heavy atom. The molecule has 8 heteroatoms. The molecule has 0 spiro atoms. The van der Waals surface area contributed by atoms with Gasteiger partial charge in [0.15, 0.2) is 0 Å². The molecule has 162 valence electrons. The van der Waals surface area contributed by atoms with E-state index in [0.29, 0.717) is 22.2 Å². The van der Waals surface area contributed by atoms with Crippen molar-refractivity contribution >= 4 is 28.6 Å². The van der Waals surface area contributed by atoms with Gasteiger partial charge in [-0.2, -0.15) is 13.2 Å². The topological polar surface area (TPSA) is 45.2 Å². The summed E-state index contributed by atoms with van der Waals surface area (Å²) in [7, 11) is 0. The van der Waals surface area contributed by atoms with E-state index in [1.54, 1.807) is 5.38 Å². The van der Waals surface area contributed by atoms with Crippen LogP contribution in [0.3, 0.4) is 0 Å². The predicted octanol–water partition coefficient (Wildman–Crippen LogP) is 5.86. The Kier molecular flexibility index (Phi) is 6.00. The number of aromatic nitrogens is 1. The second kappa shape index (κ2) is 8.70. The van der Waals surface area contributed by atoms with Gasteiger partial charge < -0.3 is 10.2 Å². The van der Waals surface area contributed by atoms with E-state index in [1.165, 1.54) is 29.9 Å². The first-order chi connectivity index (χ1) is 14.8. The molecule has 4 nitrogen and oxygen atoms in total. The summed E-state index contributed by atoms with van der Waals surface area (Å²) >= 11 is 1.30. The second-order valence-electron chi connectivity index (χ2n) is 7.83. The van der Waals surface area contributed by atoms with E-state index >= 15 is 0 Å². The predicted molar refractivity (Wildman–Crippen MR) is 117 cm³/mol. The van der Waals surface area contributed by atoms with Crippen LogP contribution in [0, 0.1) is 5.92 Å². The molecule has 1 fully saturated rings. The molecule has 1 aromatic heterocycles. The van der Waals surface area contributed by atoms with Crippen molar-refractivity contribution in [2.45, 2.75) is 25.9 Å². The normalized spacial score (nSPS) is 16.5. The van der Waals surface area contributed by atoms with E-state index in [9.17, 15) is 18.0 Å². The van der Waals surface area contributed by atoms with Crippen molar-refractivity contribution < 1.29 is 18.0 Å².